The fourth-order valence-electron chi connectivity index (χ4n) is 1.57. The van der Waals surface area contributed by atoms with Gasteiger partial charge in [0.2, 0.25) is 0 Å². The predicted octanol–water partition coefficient (Wildman–Crippen LogP) is 4.62. The highest BCUT2D eigenvalue weighted by Crippen LogP contribution is 2.17. The molecule has 3 N–H and O–H groups in total. The average Bonchev–Trinajstić information content (AvgIpc) is 2.40. The molecule has 0 fully saturated rings. The lowest BCUT2D eigenvalue weighted by atomic mass is 10.2. The number of aromatic amines is 1. The number of benzene rings is 1. The van der Waals surface area contributed by atoms with Crippen molar-refractivity contribution in [2.75, 3.05) is 11.9 Å². The first-order valence-corrected chi connectivity index (χ1v) is 7.60. The molecule has 2 rings (SSSR count). The molecular weight excluding hydrogens is 286 g/mol. The van der Waals surface area contributed by atoms with Crippen LogP contribution in [0.3, 0.4) is 0 Å². The summed E-state index contributed by atoms with van der Waals surface area (Å²) in [5.74, 6) is 0. The fourth-order valence-corrected chi connectivity index (χ4v) is 2.01. The zero-order valence-corrected chi connectivity index (χ0v) is 13.8. The minimum absolute atomic E-state index is 0.635. The molecule has 1 aromatic heterocycles. The zero-order chi connectivity index (χ0) is 15.0. The van der Waals surface area contributed by atoms with Crippen LogP contribution in [0.25, 0.3) is 10.9 Å². The monoisotopic (exact) mass is 307 g/mol. The number of nitrogens with one attached hydrogen (secondary N) is 3. The molecule has 0 aliphatic carbocycles. The van der Waals surface area contributed by atoms with E-state index in [0.717, 1.165) is 27.8 Å². The van der Waals surface area contributed by atoms with E-state index in [4.69, 9.17) is 24.4 Å². The van der Waals surface area contributed by atoms with Crippen LogP contribution < -0.4 is 10.6 Å². The van der Waals surface area contributed by atoms with Gasteiger partial charge >= 0.3 is 0 Å². The summed E-state index contributed by atoms with van der Waals surface area (Å²) in [6.45, 7) is 7.07. The molecule has 0 aliphatic rings. The Balaban J connectivity index is 0.000000612. The number of fused-ring (bicyclic) bond motifs is 1. The highest BCUT2D eigenvalue weighted by Gasteiger charge is 1.98. The molecule has 0 saturated carbocycles. The third kappa shape index (κ3) is 5.27. The van der Waals surface area contributed by atoms with Crippen LogP contribution in [0.2, 0.25) is 0 Å². The van der Waals surface area contributed by atoms with Crippen LogP contribution in [0.15, 0.2) is 30.3 Å². The maximum atomic E-state index is 5.13. The minimum atomic E-state index is 0.635. The number of hydrogen-bond donors (Lipinski definition) is 3. The van der Waals surface area contributed by atoms with Gasteiger partial charge in [-0.05, 0) is 49.5 Å². The summed E-state index contributed by atoms with van der Waals surface area (Å²) >= 11 is 10.2. The van der Waals surface area contributed by atoms with E-state index < -0.39 is 0 Å². The van der Waals surface area contributed by atoms with E-state index in [1.54, 1.807) is 0 Å². The second-order valence-electron chi connectivity index (χ2n) is 4.32. The van der Waals surface area contributed by atoms with E-state index >= 15 is 0 Å². The molecule has 0 atom stereocenters. The quantitative estimate of drug-likeness (QED) is 0.708. The highest BCUT2D eigenvalue weighted by atomic mass is 32.1. The smallest absolute Gasteiger partial charge is 0.170 e. The standard InChI is InChI=1S/C12H13N3S2.C3H8/c1-2-13-12(17)14-9-4-5-10-8(7-9)3-6-11(16)15-10;1-3-2/h3-7H,2H2,1H3,(H,15,16)(H2,13,14,17);3H2,1-2H3. The Morgan fingerprint density at radius 3 is 2.50 bits per heavy atom. The molecule has 0 spiro atoms. The Hall–Kier alpha value is -1.46. The maximum Gasteiger partial charge on any atom is 0.170 e. The molecule has 0 aliphatic heterocycles. The van der Waals surface area contributed by atoms with Gasteiger partial charge in [-0.3, -0.25) is 0 Å². The Labute approximate surface area is 130 Å². The molecular formula is C15H21N3S2. The van der Waals surface area contributed by atoms with E-state index in [1.807, 2.05) is 37.3 Å². The lowest BCUT2D eigenvalue weighted by Crippen LogP contribution is -2.27. The number of pyridine rings is 1. The first kappa shape index (κ1) is 16.6. The summed E-state index contributed by atoms with van der Waals surface area (Å²) in [7, 11) is 0. The van der Waals surface area contributed by atoms with Gasteiger partial charge in [0.25, 0.3) is 0 Å². The molecule has 0 unspecified atom stereocenters. The van der Waals surface area contributed by atoms with E-state index in [1.165, 1.54) is 6.42 Å². The third-order valence-electron chi connectivity index (χ3n) is 2.32. The van der Waals surface area contributed by atoms with Crippen LogP contribution in [0.1, 0.15) is 27.2 Å². The lowest BCUT2D eigenvalue weighted by molar-refractivity contribution is 0.979. The van der Waals surface area contributed by atoms with E-state index in [2.05, 4.69) is 29.5 Å². The zero-order valence-electron chi connectivity index (χ0n) is 12.1. The van der Waals surface area contributed by atoms with Crippen molar-refractivity contribution in [3.05, 3.63) is 35.0 Å². The van der Waals surface area contributed by atoms with Crippen LogP contribution in [-0.2, 0) is 0 Å². The number of rotatable bonds is 2. The first-order chi connectivity index (χ1) is 9.60. The molecule has 3 nitrogen and oxygen atoms in total. The maximum absolute atomic E-state index is 5.13. The SMILES string of the molecule is CCC.CCNC(=S)Nc1ccc2[nH]c(=S)ccc2c1. The normalized spacial score (nSPS) is 9.55. The molecule has 0 radical (unpaired) electrons. The van der Waals surface area contributed by atoms with Crippen LogP contribution in [0.5, 0.6) is 0 Å². The second-order valence-corrected chi connectivity index (χ2v) is 5.16. The van der Waals surface area contributed by atoms with Gasteiger partial charge in [0.05, 0.1) is 0 Å². The van der Waals surface area contributed by atoms with Gasteiger partial charge in [-0.15, -0.1) is 0 Å². The fraction of sp³-hybridized carbons (Fsp3) is 0.333. The number of thiocarbonyl (C=S) groups is 1. The third-order valence-corrected chi connectivity index (χ3v) is 2.80. The topological polar surface area (TPSA) is 39.8 Å². The van der Waals surface area contributed by atoms with Gasteiger partial charge in [0.15, 0.2) is 5.11 Å². The largest absolute Gasteiger partial charge is 0.363 e. The minimum Gasteiger partial charge on any atom is -0.363 e. The Morgan fingerprint density at radius 1 is 1.15 bits per heavy atom. The summed E-state index contributed by atoms with van der Waals surface area (Å²) in [6, 6.07) is 9.86. The molecule has 108 valence electrons. The van der Waals surface area contributed by atoms with Gasteiger partial charge in [-0.25, -0.2) is 0 Å². The van der Waals surface area contributed by atoms with Crippen molar-refractivity contribution in [3.8, 4) is 0 Å². The van der Waals surface area contributed by atoms with Crippen LogP contribution in [-0.4, -0.2) is 16.6 Å². The first-order valence-electron chi connectivity index (χ1n) is 6.78. The van der Waals surface area contributed by atoms with Crippen LogP contribution >= 0.6 is 24.4 Å². The van der Waals surface area contributed by atoms with Gasteiger partial charge in [-0.1, -0.05) is 32.5 Å². The highest BCUT2D eigenvalue weighted by molar-refractivity contribution is 7.80. The van der Waals surface area contributed by atoms with Crippen LogP contribution in [0.4, 0.5) is 5.69 Å². The van der Waals surface area contributed by atoms with Crippen molar-refractivity contribution in [2.45, 2.75) is 27.2 Å². The summed E-state index contributed by atoms with van der Waals surface area (Å²) in [4.78, 5) is 3.13. The van der Waals surface area contributed by atoms with E-state index in [0.29, 0.717) is 5.11 Å². The van der Waals surface area contributed by atoms with Crippen molar-refractivity contribution < 1.29 is 0 Å². The number of anilines is 1. The molecule has 0 saturated heterocycles. The second kappa shape index (κ2) is 8.66. The van der Waals surface area contributed by atoms with Crippen molar-refractivity contribution in [3.63, 3.8) is 0 Å². The molecule has 5 heteroatoms. The van der Waals surface area contributed by atoms with Gasteiger partial charge in [0, 0.05) is 23.1 Å². The molecule has 2 aromatic rings. The lowest BCUT2D eigenvalue weighted by Gasteiger charge is -2.09. The van der Waals surface area contributed by atoms with Gasteiger partial charge in [0.1, 0.15) is 4.64 Å². The summed E-state index contributed by atoms with van der Waals surface area (Å²) < 4.78 is 0.737. The van der Waals surface area contributed by atoms with Crippen LogP contribution in [0, 0.1) is 4.64 Å². The van der Waals surface area contributed by atoms with Crippen molar-refractivity contribution in [1.29, 1.82) is 0 Å². The summed E-state index contributed by atoms with van der Waals surface area (Å²) in [5, 5.41) is 7.91. The van der Waals surface area contributed by atoms with Gasteiger partial charge in [-0.2, -0.15) is 0 Å². The van der Waals surface area contributed by atoms with E-state index in [-0.39, 0.29) is 0 Å². The number of hydrogen-bond acceptors (Lipinski definition) is 2. The number of H-pyrrole nitrogens is 1. The molecule has 1 heterocycles. The van der Waals surface area contributed by atoms with Crippen molar-refractivity contribution in [1.82, 2.24) is 10.3 Å². The molecule has 0 bridgehead atoms. The molecule has 1 aromatic carbocycles. The molecule has 20 heavy (non-hydrogen) atoms. The Morgan fingerprint density at radius 2 is 1.85 bits per heavy atom. The van der Waals surface area contributed by atoms with Crippen molar-refractivity contribution in [2.24, 2.45) is 0 Å². The van der Waals surface area contributed by atoms with Crippen molar-refractivity contribution >= 4 is 46.1 Å². The average molecular weight is 307 g/mol. The number of aromatic nitrogens is 1. The Bertz CT molecular complexity index is 620. The Kier molecular flexibility index (Phi) is 7.18. The summed E-state index contributed by atoms with van der Waals surface area (Å²) in [6.07, 6.45) is 1.25. The summed E-state index contributed by atoms with van der Waals surface area (Å²) in [5.41, 5.74) is 1.99. The molecule has 0 amide bonds. The van der Waals surface area contributed by atoms with E-state index in [9.17, 15) is 0 Å². The van der Waals surface area contributed by atoms with Gasteiger partial charge < -0.3 is 15.6 Å². The predicted molar refractivity (Wildman–Crippen MR) is 95.0 cm³/mol.